The van der Waals surface area contributed by atoms with Crippen molar-refractivity contribution in [3.05, 3.63) is 70.8 Å². The first-order chi connectivity index (χ1) is 18.1. The Morgan fingerprint density at radius 2 is 1.58 bits per heavy atom. The number of ether oxygens (including phenoxy) is 2. The van der Waals surface area contributed by atoms with Crippen LogP contribution in [0.2, 0.25) is 0 Å². The van der Waals surface area contributed by atoms with E-state index in [1.807, 2.05) is 0 Å². The lowest BCUT2D eigenvalue weighted by atomic mass is 9.37. The average Bonchev–Trinajstić information content (AvgIpc) is 3.48. The summed E-state index contributed by atoms with van der Waals surface area (Å²) in [5.41, 5.74) is 4.87. The third kappa shape index (κ3) is 3.60. The van der Waals surface area contributed by atoms with Gasteiger partial charge in [0.25, 0.3) is 0 Å². The van der Waals surface area contributed by atoms with Crippen molar-refractivity contribution >= 4 is 11.1 Å². The number of benzene rings is 2. The van der Waals surface area contributed by atoms with Gasteiger partial charge in [-0.05, 0) is 61.1 Å². The summed E-state index contributed by atoms with van der Waals surface area (Å²) in [6, 6.07) is 17.3. The maximum atomic E-state index is 14.5. The van der Waals surface area contributed by atoms with E-state index in [1.54, 1.807) is 0 Å². The first kappa shape index (κ1) is 25.4. The molecule has 4 saturated carbocycles. The summed E-state index contributed by atoms with van der Waals surface area (Å²) in [6.45, 7) is 11.2. The lowest BCUT2D eigenvalue weighted by Gasteiger charge is -2.73. The summed E-state index contributed by atoms with van der Waals surface area (Å²) in [6.07, 6.45) is 5.36. The van der Waals surface area contributed by atoms with Crippen molar-refractivity contribution < 1.29 is 17.9 Å². The third-order valence-electron chi connectivity index (χ3n) is 10.5. The van der Waals surface area contributed by atoms with E-state index in [0.29, 0.717) is 13.2 Å². The highest BCUT2D eigenvalue weighted by Gasteiger charge is 2.79. The maximum absolute atomic E-state index is 14.5. The summed E-state index contributed by atoms with van der Waals surface area (Å²) in [5, 5.41) is 3.77. The van der Waals surface area contributed by atoms with E-state index in [0.717, 1.165) is 45.1 Å². The molecule has 0 amide bonds. The second-order valence-corrected chi connectivity index (χ2v) is 15.5. The van der Waals surface area contributed by atoms with Gasteiger partial charge in [0.1, 0.15) is 0 Å². The minimum Gasteiger partial charge on any atom is -0.346 e. The van der Waals surface area contributed by atoms with E-state index in [1.165, 1.54) is 22.3 Å². The normalized spacial score (nSPS) is 41.1. The van der Waals surface area contributed by atoms with Crippen LogP contribution in [0.5, 0.6) is 0 Å². The maximum Gasteiger partial charge on any atom is 0.179 e. The van der Waals surface area contributed by atoms with Crippen LogP contribution in [0.4, 0.5) is 0 Å². The molecule has 6 heteroatoms. The van der Waals surface area contributed by atoms with Crippen molar-refractivity contribution in [2.24, 2.45) is 16.2 Å². The molecule has 5 nitrogen and oxygen atoms in total. The molecule has 1 spiro atoms. The summed E-state index contributed by atoms with van der Waals surface area (Å²) >= 11 is -1.42. The summed E-state index contributed by atoms with van der Waals surface area (Å²) in [5.74, 6) is -0.560. The molecule has 8 rings (SSSR count). The minimum atomic E-state index is -1.42. The van der Waals surface area contributed by atoms with Gasteiger partial charge >= 0.3 is 0 Å². The van der Waals surface area contributed by atoms with Crippen LogP contribution in [0.3, 0.4) is 0 Å². The van der Waals surface area contributed by atoms with Gasteiger partial charge in [-0.1, -0.05) is 74.9 Å². The highest BCUT2D eigenvalue weighted by atomic mass is 32.2. The van der Waals surface area contributed by atoms with E-state index in [9.17, 15) is 4.21 Å². The topological polar surface area (TPSA) is 56.8 Å². The summed E-state index contributed by atoms with van der Waals surface area (Å²) in [7, 11) is 0. The van der Waals surface area contributed by atoms with Crippen molar-refractivity contribution in [2.45, 2.75) is 95.4 Å². The van der Waals surface area contributed by atoms with Gasteiger partial charge in [0.2, 0.25) is 0 Å². The fourth-order valence-electron chi connectivity index (χ4n) is 10.1. The monoisotopic (exact) mass is 535 g/mol. The molecule has 4 bridgehead atoms. The fraction of sp³-hybridized carbons (Fsp3) is 0.625. The zero-order valence-electron chi connectivity index (χ0n) is 23.2. The highest BCUT2D eigenvalue weighted by molar-refractivity contribution is 7.81. The molecule has 5 fully saturated rings. The molecule has 0 aromatic heterocycles. The average molecular weight is 536 g/mol. The van der Waals surface area contributed by atoms with Crippen LogP contribution < -0.4 is 5.32 Å². The molecule has 2 aromatic carbocycles. The first-order valence-electron chi connectivity index (χ1n) is 14.3. The Hall–Kier alpha value is -1.57. The van der Waals surface area contributed by atoms with Gasteiger partial charge in [0.05, 0.1) is 30.1 Å². The van der Waals surface area contributed by atoms with Crippen LogP contribution in [0.25, 0.3) is 0 Å². The molecule has 2 aromatic rings. The molecule has 1 aliphatic heterocycles. The van der Waals surface area contributed by atoms with Crippen molar-refractivity contribution in [2.75, 3.05) is 13.2 Å². The van der Waals surface area contributed by atoms with Crippen molar-refractivity contribution in [1.82, 2.24) is 5.32 Å². The van der Waals surface area contributed by atoms with Crippen molar-refractivity contribution in [3.8, 4) is 0 Å². The summed E-state index contributed by atoms with van der Waals surface area (Å²) < 4.78 is 33.8. The highest BCUT2D eigenvalue weighted by Crippen LogP contribution is 2.77. The van der Waals surface area contributed by atoms with E-state index in [4.69, 9.17) is 13.7 Å². The largest absolute Gasteiger partial charge is 0.346 e. The standard InChI is InChI=1S/C32H41NO4S/c1-22-9-11-23(12-10-22)16-33-27-25-8-6-5-7-24(25)15-26(27)37-38(34)31-19-28(2)17-29(3,20-31)32(35-13-14-36-32)30(4,18-28)21-31/h5-12,26-27,33H,13-21H2,1-4H3/t26-,27+,28?,29?,30?,31?,38?/m0/s1. The molecule has 1 N–H and O–H groups in total. The SMILES string of the molecule is Cc1ccc(CN[C@@H]2c3ccccc3C[C@@H]2OS(=O)C23CC4(C)CC(C)(C2)C2(OCCO2)C(C)(C4)C3)cc1. The molecule has 0 radical (unpaired) electrons. The van der Waals surface area contributed by atoms with Gasteiger partial charge in [-0.3, -0.25) is 4.18 Å². The van der Waals surface area contributed by atoms with Crippen LogP contribution in [-0.2, 0) is 37.7 Å². The second-order valence-electron chi connectivity index (χ2n) is 13.9. The zero-order chi connectivity index (χ0) is 26.4. The molecule has 1 saturated heterocycles. The van der Waals surface area contributed by atoms with Gasteiger partial charge in [-0.2, -0.15) is 0 Å². The van der Waals surface area contributed by atoms with Gasteiger partial charge in [0.15, 0.2) is 16.9 Å². The quantitative estimate of drug-likeness (QED) is 0.497. The first-order valence-corrected chi connectivity index (χ1v) is 15.4. The Labute approximate surface area is 229 Å². The zero-order valence-corrected chi connectivity index (χ0v) is 24.0. The molecule has 1 heterocycles. The Balaban J connectivity index is 1.16. The number of aryl methyl sites for hydroxylation is 1. The third-order valence-corrected chi connectivity index (χ3v) is 12.0. The number of hydrogen-bond acceptors (Lipinski definition) is 5. The molecule has 204 valence electrons. The Morgan fingerprint density at radius 1 is 0.921 bits per heavy atom. The molecule has 5 atom stereocenters. The summed E-state index contributed by atoms with van der Waals surface area (Å²) in [4.78, 5) is 0. The smallest absolute Gasteiger partial charge is 0.179 e. The van der Waals surface area contributed by atoms with E-state index in [2.05, 4.69) is 81.5 Å². The van der Waals surface area contributed by atoms with Gasteiger partial charge in [0, 0.05) is 23.8 Å². The van der Waals surface area contributed by atoms with Gasteiger partial charge in [-0.15, -0.1) is 0 Å². The van der Waals surface area contributed by atoms with Crippen molar-refractivity contribution in [3.63, 3.8) is 0 Å². The Bertz CT molecular complexity index is 1250. The minimum absolute atomic E-state index is 0.0139. The van der Waals surface area contributed by atoms with E-state index >= 15 is 0 Å². The molecule has 5 aliphatic carbocycles. The predicted octanol–water partition coefficient (Wildman–Crippen LogP) is 5.92. The lowest BCUT2D eigenvalue weighted by Crippen LogP contribution is -2.76. The molecular weight excluding hydrogens is 494 g/mol. The molecule has 6 aliphatic rings. The second kappa shape index (κ2) is 8.47. The fourth-order valence-corrected chi connectivity index (χ4v) is 12.0. The molecular formula is C32H41NO4S. The van der Waals surface area contributed by atoms with Crippen LogP contribution in [0, 0.1) is 23.2 Å². The number of fused-ring (bicyclic) bond motifs is 1. The Morgan fingerprint density at radius 3 is 2.26 bits per heavy atom. The van der Waals surface area contributed by atoms with E-state index < -0.39 is 16.9 Å². The van der Waals surface area contributed by atoms with Gasteiger partial charge in [-0.25, -0.2) is 4.21 Å². The Kier molecular flexibility index (Phi) is 5.66. The lowest BCUT2D eigenvalue weighted by molar-refractivity contribution is -0.368. The van der Waals surface area contributed by atoms with Crippen LogP contribution in [-0.4, -0.2) is 34.1 Å². The predicted molar refractivity (Wildman–Crippen MR) is 149 cm³/mol. The molecule has 38 heavy (non-hydrogen) atoms. The van der Waals surface area contributed by atoms with Crippen LogP contribution in [0.15, 0.2) is 48.5 Å². The number of rotatable bonds is 6. The molecule has 3 unspecified atom stereocenters. The number of hydrogen-bond donors (Lipinski definition) is 1. The van der Waals surface area contributed by atoms with Crippen molar-refractivity contribution in [1.29, 1.82) is 0 Å². The van der Waals surface area contributed by atoms with Gasteiger partial charge < -0.3 is 14.8 Å². The van der Waals surface area contributed by atoms with E-state index in [-0.39, 0.29) is 33.1 Å². The van der Waals surface area contributed by atoms with Crippen LogP contribution in [0.1, 0.15) is 81.2 Å². The van der Waals surface area contributed by atoms with Crippen LogP contribution >= 0.6 is 0 Å². The number of nitrogens with one attached hydrogen (secondary N) is 1.